The summed E-state index contributed by atoms with van der Waals surface area (Å²) in [6, 6.07) is 6.09. The van der Waals surface area contributed by atoms with Crippen molar-refractivity contribution in [1.29, 1.82) is 0 Å². The van der Waals surface area contributed by atoms with Gasteiger partial charge in [0.25, 0.3) is 0 Å². The van der Waals surface area contributed by atoms with Crippen LogP contribution in [-0.4, -0.2) is 19.3 Å². The lowest BCUT2D eigenvalue weighted by Gasteiger charge is -2.17. The minimum atomic E-state index is 0.229. The monoisotopic (exact) mass is 247 g/mol. The summed E-state index contributed by atoms with van der Waals surface area (Å²) in [5.41, 5.74) is 7.96. The molecule has 1 heterocycles. The van der Waals surface area contributed by atoms with Gasteiger partial charge < -0.3 is 15.2 Å². The van der Waals surface area contributed by atoms with Gasteiger partial charge in [0.2, 0.25) is 0 Å². The van der Waals surface area contributed by atoms with Crippen molar-refractivity contribution in [2.45, 2.75) is 31.9 Å². The molecule has 2 rings (SSSR count). The van der Waals surface area contributed by atoms with E-state index < -0.39 is 0 Å². The molecule has 0 bridgehead atoms. The van der Waals surface area contributed by atoms with Crippen molar-refractivity contribution in [3.05, 3.63) is 42.0 Å². The number of benzene rings is 1. The van der Waals surface area contributed by atoms with Gasteiger partial charge in [0.1, 0.15) is 12.4 Å². The predicted octanol–water partition coefficient (Wildman–Crippen LogP) is 2.43. The van der Waals surface area contributed by atoms with Gasteiger partial charge in [0, 0.05) is 18.7 Å². The van der Waals surface area contributed by atoms with Gasteiger partial charge in [0.05, 0.1) is 6.10 Å². The molecular weight excluding hydrogens is 226 g/mol. The van der Waals surface area contributed by atoms with Crippen molar-refractivity contribution in [2.75, 3.05) is 13.2 Å². The number of rotatable bonds is 6. The molecule has 0 spiro atoms. The lowest BCUT2D eigenvalue weighted by molar-refractivity contribution is 0.0673. The van der Waals surface area contributed by atoms with Crippen molar-refractivity contribution < 1.29 is 9.47 Å². The van der Waals surface area contributed by atoms with Crippen LogP contribution in [0.2, 0.25) is 0 Å². The summed E-state index contributed by atoms with van der Waals surface area (Å²) >= 11 is 0. The normalized spacial score (nSPS) is 18.8. The van der Waals surface area contributed by atoms with E-state index in [1.54, 1.807) is 0 Å². The third kappa shape index (κ3) is 3.12. The summed E-state index contributed by atoms with van der Waals surface area (Å²) in [7, 11) is 0. The fourth-order valence-electron chi connectivity index (χ4n) is 2.25. The van der Waals surface area contributed by atoms with E-state index in [0.29, 0.717) is 13.2 Å². The van der Waals surface area contributed by atoms with Gasteiger partial charge in [-0.15, -0.1) is 6.58 Å². The molecule has 1 saturated heterocycles. The van der Waals surface area contributed by atoms with E-state index >= 15 is 0 Å². The summed E-state index contributed by atoms with van der Waals surface area (Å²) in [6.45, 7) is 5.74. The van der Waals surface area contributed by atoms with Gasteiger partial charge >= 0.3 is 0 Å². The van der Waals surface area contributed by atoms with Crippen LogP contribution in [-0.2, 0) is 17.7 Å². The van der Waals surface area contributed by atoms with Gasteiger partial charge in [-0.25, -0.2) is 0 Å². The summed E-state index contributed by atoms with van der Waals surface area (Å²) in [5.74, 6) is 0.912. The lowest BCUT2D eigenvalue weighted by atomic mass is 10.1. The molecule has 3 heteroatoms. The van der Waals surface area contributed by atoms with Gasteiger partial charge in [-0.3, -0.25) is 0 Å². The lowest BCUT2D eigenvalue weighted by Crippen LogP contribution is -2.18. The average molecular weight is 247 g/mol. The van der Waals surface area contributed by atoms with Gasteiger partial charge in [-0.05, 0) is 24.8 Å². The van der Waals surface area contributed by atoms with Crippen molar-refractivity contribution in [2.24, 2.45) is 5.73 Å². The van der Waals surface area contributed by atoms with Crippen LogP contribution in [0.4, 0.5) is 0 Å². The smallest absolute Gasteiger partial charge is 0.127 e. The number of nitrogens with two attached hydrogens (primary N) is 1. The molecule has 98 valence electrons. The Morgan fingerprint density at radius 2 is 2.28 bits per heavy atom. The number of hydrogen-bond donors (Lipinski definition) is 1. The van der Waals surface area contributed by atoms with Crippen molar-refractivity contribution in [1.82, 2.24) is 0 Å². The Morgan fingerprint density at radius 1 is 1.44 bits per heavy atom. The molecule has 2 N–H and O–H groups in total. The van der Waals surface area contributed by atoms with Gasteiger partial charge in [-0.1, -0.05) is 24.3 Å². The van der Waals surface area contributed by atoms with Crippen LogP contribution in [0, 0.1) is 0 Å². The first-order valence-corrected chi connectivity index (χ1v) is 6.51. The number of para-hydroxylation sites is 1. The van der Waals surface area contributed by atoms with Crippen molar-refractivity contribution >= 4 is 0 Å². The van der Waals surface area contributed by atoms with Gasteiger partial charge in [-0.2, -0.15) is 0 Å². The van der Waals surface area contributed by atoms with E-state index in [1.807, 2.05) is 18.2 Å². The van der Waals surface area contributed by atoms with E-state index in [9.17, 15) is 0 Å². The van der Waals surface area contributed by atoms with Crippen LogP contribution in [0.3, 0.4) is 0 Å². The van der Waals surface area contributed by atoms with Crippen molar-refractivity contribution in [3.8, 4) is 5.75 Å². The first kappa shape index (κ1) is 13.1. The highest BCUT2D eigenvalue weighted by atomic mass is 16.5. The molecule has 0 aliphatic carbocycles. The second-order valence-electron chi connectivity index (χ2n) is 4.55. The third-order valence-electron chi connectivity index (χ3n) is 3.20. The zero-order valence-corrected chi connectivity index (χ0v) is 10.7. The Bertz CT molecular complexity index is 397. The number of allylic oxidation sites excluding steroid dienone is 1. The molecule has 0 radical (unpaired) electrons. The molecule has 18 heavy (non-hydrogen) atoms. The van der Waals surface area contributed by atoms with E-state index in [0.717, 1.165) is 42.7 Å². The Kier molecular flexibility index (Phi) is 4.79. The van der Waals surface area contributed by atoms with E-state index in [2.05, 4.69) is 12.6 Å². The maximum Gasteiger partial charge on any atom is 0.127 e. The maximum absolute atomic E-state index is 5.94. The summed E-state index contributed by atoms with van der Waals surface area (Å²) in [5, 5.41) is 0. The molecule has 1 unspecified atom stereocenters. The van der Waals surface area contributed by atoms with Crippen LogP contribution in [0.5, 0.6) is 5.75 Å². The standard InChI is InChI=1S/C15H21NO2/c1-2-5-12-6-3-7-13(10-16)15(12)18-11-14-8-4-9-17-14/h2-3,6-7,14H,1,4-5,8-11,16H2. The quantitative estimate of drug-likeness (QED) is 0.785. The molecule has 1 fully saturated rings. The average Bonchev–Trinajstić information content (AvgIpc) is 2.90. The zero-order valence-electron chi connectivity index (χ0n) is 10.7. The zero-order chi connectivity index (χ0) is 12.8. The predicted molar refractivity (Wildman–Crippen MR) is 72.7 cm³/mol. The Balaban J connectivity index is 2.09. The Labute approximate surface area is 109 Å². The second kappa shape index (κ2) is 6.57. The summed E-state index contributed by atoms with van der Waals surface area (Å²) in [6.07, 6.45) is 5.13. The van der Waals surface area contributed by atoms with E-state index in [-0.39, 0.29) is 6.10 Å². The second-order valence-corrected chi connectivity index (χ2v) is 4.55. The van der Waals surface area contributed by atoms with Crippen LogP contribution < -0.4 is 10.5 Å². The Morgan fingerprint density at radius 3 is 2.94 bits per heavy atom. The molecule has 1 atom stereocenters. The fourth-order valence-corrected chi connectivity index (χ4v) is 2.25. The Hall–Kier alpha value is -1.32. The molecule has 0 amide bonds. The molecule has 0 saturated carbocycles. The SMILES string of the molecule is C=CCc1cccc(CN)c1OCC1CCCO1. The van der Waals surface area contributed by atoms with Crippen molar-refractivity contribution in [3.63, 3.8) is 0 Å². The fraction of sp³-hybridized carbons (Fsp3) is 0.467. The molecule has 1 aromatic rings. The van der Waals surface area contributed by atoms with E-state index in [1.165, 1.54) is 0 Å². The van der Waals surface area contributed by atoms with E-state index in [4.69, 9.17) is 15.2 Å². The highest BCUT2D eigenvalue weighted by Gasteiger charge is 2.17. The van der Waals surface area contributed by atoms with Crippen LogP contribution in [0.15, 0.2) is 30.9 Å². The first-order valence-electron chi connectivity index (χ1n) is 6.51. The topological polar surface area (TPSA) is 44.5 Å². The van der Waals surface area contributed by atoms with Crippen LogP contribution in [0.25, 0.3) is 0 Å². The first-order chi connectivity index (χ1) is 8.85. The molecular formula is C15H21NO2. The minimum Gasteiger partial charge on any atom is -0.490 e. The minimum absolute atomic E-state index is 0.229. The summed E-state index contributed by atoms with van der Waals surface area (Å²) < 4.78 is 11.5. The molecule has 3 nitrogen and oxygen atoms in total. The van der Waals surface area contributed by atoms with Crippen LogP contribution in [0.1, 0.15) is 24.0 Å². The van der Waals surface area contributed by atoms with Crippen LogP contribution >= 0.6 is 0 Å². The number of hydrogen-bond acceptors (Lipinski definition) is 3. The third-order valence-corrected chi connectivity index (χ3v) is 3.20. The summed E-state index contributed by atoms with van der Waals surface area (Å²) in [4.78, 5) is 0. The molecule has 1 aliphatic rings. The highest BCUT2D eigenvalue weighted by Crippen LogP contribution is 2.26. The molecule has 1 aromatic carbocycles. The van der Waals surface area contributed by atoms with Gasteiger partial charge in [0.15, 0.2) is 0 Å². The maximum atomic E-state index is 5.94. The number of ether oxygens (including phenoxy) is 2. The molecule has 0 aromatic heterocycles. The molecule has 1 aliphatic heterocycles. The highest BCUT2D eigenvalue weighted by molar-refractivity contribution is 5.42. The largest absolute Gasteiger partial charge is 0.490 e.